The van der Waals surface area contributed by atoms with Crippen molar-refractivity contribution in [2.45, 2.75) is 32.6 Å². The van der Waals surface area contributed by atoms with Crippen LogP contribution in [0.15, 0.2) is 30.3 Å². The van der Waals surface area contributed by atoms with Crippen LogP contribution in [0, 0.1) is 5.41 Å². The maximum atomic E-state index is 3.56. The quantitative estimate of drug-likeness (QED) is 0.701. The number of rotatable bonds is 6. The van der Waals surface area contributed by atoms with Crippen LogP contribution < -0.4 is 5.32 Å². The van der Waals surface area contributed by atoms with E-state index in [1.807, 2.05) is 0 Å². The Hall–Kier alpha value is -0.820. The van der Waals surface area contributed by atoms with Crippen molar-refractivity contribution in [2.24, 2.45) is 5.41 Å². The zero-order valence-electron chi connectivity index (χ0n) is 9.63. The van der Waals surface area contributed by atoms with E-state index in [2.05, 4.69) is 42.6 Å². The summed E-state index contributed by atoms with van der Waals surface area (Å²) in [6.07, 6.45) is 5.29. The van der Waals surface area contributed by atoms with E-state index in [0.717, 1.165) is 6.54 Å². The van der Waals surface area contributed by atoms with Crippen LogP contribution in [0.25, 0.3) is 0 Å². The highest BCUT2D eigenvalue weighted by Gasteiger charge is 2.41. The Bertz CT molecular complexity index is 287. The summed E-state index contributed by atoms with van der Waals surface area (Å²) in [5, 5.41) is 3.56. The normalized spacial score (nSPS) is 17.7. The first-order valence-corrected chi connectivity index (χ1v) is 6.09. The van der Waals surface area contributed by atoms with Crippen molar-refractivity contribution < 1.29 is 0 Å². The van der Waals surface area contributed by atoms with E-state index in [4.69, 9.17) is 0 Å². The molecule has 2 rings (SSSR count). The molecule has 0 unspecified atom stereocenters. The first-order valence-electron chi connectivity index (χ1n) is 6.09. The third kappa shape index (κ3) is 3.07. The fourth-order valence-electron chi connectivity index (χ4n) is 2.15. The molecule has 15 heavy (non-hydrogen) atoms. The minimum Gasteiger partial charge on any atom is -0.316 e. The average molecular weight is 203 g/mol. The van der Waals surface area contributed by atoms with Crippen LogP contribution in [0.5, 0.6) is 0 Å². The average Bonchev–Trinajstić information content (AvgIpc) is 3.00. The van der Waals surface area contributed by atoms with Gasteiger partial charge in [-0.3, -0.25) is 0 Å². The van der Waals surface area contributed by atoms with E-state index < -0.39 is 0 Å². The lowest BCUT2D eigenvalue weighted by atomic mass is 9.96. The molecule has 0 spiro atoms. The number of benzene rings is 1. The van der Waals surface area contributed by atoms with Crippen molar-refractivity contribution in [3.05, 3.63) is 35.9 Å². The van der Waals surface area contributed by atoms with Crippen LogP contribution in [0.3, 0.4) is 0 Å². The summed E-state index contributed by atoms with van der Waals surface area (Å²) in [5.74, 6) is 0. The van der Waals surface area contributed by atoms with E-state index in [-0.39, 0.29) is 0 Å². The molecule has 1 aromatic rings. The van der Waals surface area contributed by atoms with Gasteiger partial charge in [0.2, 0.25) is 0 Å². The molecule has 1 aliphatic rings. The molecule has 1 N–H and O–H groups in total. The van der Waals surface area contributed by atoms with Crippen LogP contribution in [0.1, 0.15) is 31.7 Å². The summed E-state index contributed by atoms with van der Waals surface area (Å²) in [4.78, 5) is 0. The third-order valence-corrected chi connectivity index (χ3v) is 3.31. The summed E-state index contributed by atoms with van der Waals surface area (Å²) in [7, 11) is 0. The van der Waals surface area contributed by atoms with Gasteiger partial charge >= 0.3 is 0 Å². The second-order valence-electron chi connectivity index (χ2n) is 4.84. The number of nitrogens with one attached hydrogen (secondary N) is 1. The maximum Gasteiger partial charge on any atom is 0.00110 e. The Morgan fingerprint density at radius 3 is 2.53 bits per heavy atom. The summed E-state index contributed by atoms with van der Waals surface area (Å²) >= 11 is 0. The van der Waals surface area contributed by atoms with Gasteiger partial charge in [0.25, 0.3) is 0 Å². The lowest BCUT2D eigenvalue weighted by Gasteiger charge is -2.15. The van der Waals surface area contributed by atoms with Gasteiger partial charge in [-0.1, -0.05) is 37.3 Å². The smallest absolute Gasteiger partial charge is 0.00110 e. The van der Waals surface area contributed by atoms with E-state index in [9.17, 15) is 0 Å². The number of hydrogen-bond acceptors (Lipinski definition) is 1. The fraction of sp³-hybridized carbons (Fsp3) is 0.571. The monoisotopic (exact) mass is 203 g/mol. The molecule has 82 valence electrons. The standard InChI is InChI=1S/C14H21N/c1-2-10-15-12-14(8-9-14)11-13-6-4-3-5-7-13/h3-7,15H,2,8-12H2,1H3. The van der Waals surface area contributed by atoms with Gasteiger partial charge in [-0.2, -0.15) is 0 Å². The third-order valence-electron chi connectivity index (χ3n) is 3.31. The van der Waals surface area contributed by atoms with Gasteiger partial charge < -0.3 is 5.32 Å². The van der Waals surface area contributed by atoms with Gasteiger partial charge in [0.15, 0.2) is 0 Å². The number of hydrogen-bond donors (Lipinski definition) is 1. The van der Waals surface area contributed by atoms with E-state index in [0.29, 0.717) is 5.41 Å². The van der Waals surface area contributed by atoms with Gasteiger partial charge in [-0.15, -0.1) is 0 Å². The summed E-state index contributed by atoms with van der Waals surface area (Å²) in [6.45, 7) is 4.59. The molecule has 0 saturated heterocycles. The first kappa shape index (κ1) is 10.7. The highest BCUT2D eigenvalue weighted by atomic mass is 14.9. The van der Waals surface area contributed by atoms with Crippen molar-refractivity contribution in [3.8, 4) is 0 Å². The summed E-state index contributed by atoms with van der Waals surface area (Å²) in [6, 6.07) is 10.9. The Morgan fingerprint density at radius 1 is 1.20 bits per heavy atom. The van der Waals surface area contributed by atoms with Crippen LogP contribution in [-0.4, -0.2) is 13.1 Å². The van der Waals surface area contributed by atoms with Gasteiger partial charge in [0.05, 0.1) is 0 Å². The SMILES string of the molecule is CCCNCC1(Cc2ccccc2)CC1. The molecular formula is C14H21N. The second kappa shape index (κ2) is 4.80. The minimum atomic E-state index is 0.594. The molecule has 1 fully saturated rings. The highest BCUT2D eigenvalue weighted by Crippen LogP contribution is 2.47. The zero-order chi connectivity index (χ0) is 10.6. The van der Waals surface area contributed by atoms with Crippen molar-refractivity contribution in [1.82, 2.24) is 5.32 Å². The molecular weight excluding hydrogens is 182 g/mol. The fourth-order valence-corrected chi connectivity index (χ4v) is 2.15. The Kier molecular flexibility index (Phi) is 3.42. The topological polar surface area (TPSA) is 12.0 Å². The van der Waals surface area contributed by atoms with Gasteiger partial charge in [0.1, 0.15) is 0 Å². The maximum absolute atomic E-state index is 3.56. The molecule has 0 aromatic heterocycles. The molecule has 1 nitrogen and oxygen atoms in total. The summed E-state index contributed by atoms with van der Waals surface area (Å²) < 4.78 is 0. The summed E-state index contributed by atoms with van der Waals surface area (Å²) in [5.41, 5.74) is 2.09. The van der Waals surface area contributed by atoms with Crippen molar-refractivity contribution in [2.75, 3.05) is 13.1 Å². The van der Waals surface area contributed by atoms with Crippen molar-refractivity contribution >= 4 is 0 Å². The van der Waals surface area contributed by atoms with Crippen LogP contribution in [0.4, 0.5) is 0 Å². The van der Waals surface area contributed by atoms with Crippen LogP contribution >= 0.6 is 0 Å². The zero-order valence-corrected chi connectivity index (χ0v) is 9.63. The van der Waals surface area contributed by atoms with Gasteiger partial charge in [-0.25, -0.2) is 0 Å². The predicted octanol–water partition coefficient (Wildman–Crippen LogP) is 3.01. The molecule has 1 heteroatoms. The molecule has 0 atom stereocenters. The Labute approximate surface area is 92.9 Å². The largest absolute Gasteiger partial charge is 0.316 e. The van der Waals surface area contributed by atoms with Crippen molar-refractivity contribution in [3.63, 3.8) is 0 Å². The van der Waals surface area contributed by atoms with Crippen molar-refractivity contribution in [1.29, 1.82) is 0 Å². The van der Waals surface area contributed by atoms with Gasteiger partial charge in [0, 0.05) is 6.54 Å². The molecule has 1 saturated carbocycles. The second-order valence-corrected chi connectivity index (χ2v) is 4.84. The van der Waals surface area contributed by atoms with Gasteiger partial charge in [-0.05, 0) is 43.2 Å². The van der Waals surface area contributed by atoms with Crippen LogP contribution in [-0.2, 0) is 6.42 Å². The molecule has 0 heterocycles. The Morgan fingerprint density at radius 2 is 1.93 bits per heavy atom. The molecule has 0 bridgehead atoms. The molecule has 1 aliphatic carbocycles. The minimum absolute atomic E-state index is 0.594. The molecule has 0 aliphatic heterocycles. The lowest BCUT2D eigenvalue weighted by molar-refractivity contribution is 0.455. The van der Waals surface area contributed by atoms with Crippen LogP contribution in [0.2, 0.25) is 0 Å². The predicted molar refractivity (Wildman–Crippen MR) is 65.0 cm³/mol. The lowest BCUT2D eigenvalue weighted by Crippen LogP contribution is -2.26. The highest BCUT2D eigenvalue weighted by molar-refractivity contribution is 5.18. The Balaban J connectivity index is 1.83. The first-order chi connectivity index (χ1) is 7.35. The van der Waals surface area contributed by atoms with E-state index >= 15 is 0 Å². The molecule has 1 aromatic carbocycles. The molecule has 0 amide bonds. The van der Waals surface area contributed by atoms with E-state index in [1.54, 1.807) is 0 Å². The van der Waals surface area contributed by atoms with E-state index in [1.165, 1.54) is 37.8 Å². The molecule has 0 radical (unpaired) electrons.